The van der Waals surface area contributed by atoms with E-state index in [2.05, 4.69) is 5.43 Å². The first-order chi connectivity index (χ1) is 7.93. The summed E-state index contributed by atoms with van der Waals surface area (Å²) in [4.78, 5) is 5.75. The van der Waals surface area contributed by atoms with E-state index in [9.17, 15) is 0 Å². The van der Waals surface area contributed by atoms with E-state index in [1.165, 1.54) is 0 Å². The molecule has 0 spiro atoms. The van der Waals surface area contributed by atoms with E-state index in [0.29, 0.717) is 0 Å². The molecule has 0 aliphatic carbocycles. The average molecular weight is 211 g/mol. The SMILES string of the molecule is c1ccc2c(c1)NN1c3ccccc3ON21. The fourth-order valence-corrected chi connectivity index (χ4v) is 2.05. The quantitative estimate of drug-likeness (QED) is 0.724. The topological polar surface area (TPSA) is 27.7 Å². The lowest BCUT2D eigenvalue weighted by Gasteiger charge is -2.18. The summed E-state index contributed by atoms with van der Waals surface area (Å²) in [6.45, 7) is 0. The molecule has 4 heteroatoms. The molecule has 16 heavy (non-hydrogen) atoms. The highest BCUT2D eigenvalue weighted by atomic mass is 16.7. The molecule has 1 N–H and O–H groups in total. The summed E-state index contributed by atoms with van der Waals surface area (Å²) in [6, 6.07) is 16.0. The van der Waals surface area contributed by atoms with Crippen LogP contribution in [-0.2, 0) is 0 Å². The summed E-state index contributed by atoms with van der Waals surface area (Å²) in [5.41, 5.74) is 6.39. The maximum atomic E-state index is 5.75. The number of para-hydroxylation sites is 4. The minimum atomic E-state index is 0.865. The highest BCUT2D eigenvalue weighted by molar-refractivity contribution is 5.83. The molecule has 0 unspecified atom stereocenters. The molecule has 2 aromatic rings. The number of hydrogen-bond donors (Lipinski definition) is 1. The predicted molar refractivity (Wildman–Crippen MR) is 62.1 cm³/mol. The third-order valence-corrected chi connectivity index (χ3v) is 2.80. The Labute approximate surface area is 92.6 Å². The Hall–Kier alpha value is -2.36. The molecule has 0 fully saturated rings. The first-order valence-corrected chi connectivity index (χ1v) is 5.16. The lowest BCUT2D eigenvalue weighted by molar-refractivity contribution is 0.311. The zero-order valence-electron chi connectivity index (χ0n) is 8.42. The zero-order valence-corrected chi connectivity index (χ0v) is 8.42. The van der Waals surface area contributed by atoms with Crippen LogP contribution in [0.25, 0.3) is 0 Å². The Morgan fingerprint density at radius 2 is 1.62 bits per heavy atom. The highest BCUT2D eigenvalue weighted by Crippen LogP contribution is 2.44. The van der Waals surface area contributed by atoms with Crippen LogP contribution in [0.1, 0.15) is 0 Å². The van der Waals surface area contributed by atoms with Crippen molar-refractivity contribution in [2.75, 3.05) is 15.7 Å². The smallest absolute Gasteiger partial charge is 0.185 e. The molecule has 2 aromatic carbocycles. The molecule has 78 valence electrons. The normalized spacial score (nSPS) is 15.0. The third-order valence-electron chi connectivity index (χ3n) is 2.80. The van der Waals surface area contributed by atoms with Crippen LogP contribution in [0.5, 0.6) is 5.75 Å². The number of nitrogens with one attached hydrogen (secondary N) is 1. The van der Waals surface area contributed by atoms with Crippen LogP contribution >= 0.6 is 0 Å². The Kier molecular flexibility index (Phi) is 1.28. The number of rotatable bonds is 0. The molecule has 2 aliphatic heterocycles. The van der Waals surface area contributed by atoms with Crippen molar-refractivity contribution in [1.29, 1.82) is 0 Å². The fourth-order valence-electron chi connectivity index (χ4n) is 2.05. The van der Waals surface area contributed by atoms with Crippen LogP contribution in [0.4, 0.5) is 17.1 Å². The van der Waals surface area contributed by atoms with Crippen molar-refractivity contribution >= 4 is 17.1 Å². The van der Waals surface area contributed by atoms with Gasteiger partial charge in [-0.15, -0.1) is 0 Å². The molecule has 0 amide bonds. The highest BCUT2D eigenvalue weighted by Gasteiger charge is 2.36. The molecule has 0 radical (unpaired) electrons. The summed E-state index contributed by atoms with van der Waals surface area (Å²) in [5.74, 6) is 0.865. The van der Waals surface area contributed by atoms with Gasteiger partial charge in [-0.2, -0.15) is 5.12 Å². The molecular weight excluding hydrogens is 202 g/mol. The van der Waals surface area contributed by atoms with Gasteiger partial charge in [-0.3, -0.25) is 5.43 Å². The Morgan fingerprint density at radius 3 is 2.56 bits per heavy atom. The first-order valence-electron chi connectivity index (χ1n) is 5.16. The first kappa shape index (κ1) is 7.87. The van der Waals surface area contributed by atoms with Crippen molar-refractivity contribution in [3.8, 4) is 5.75 Å². The van der Waals surface area contributed by atoms with Gasteiger partial charge < -0.3 is 4.84 Å². The minimum absolute atomic E-state index is 0.865. The number of hydrogen-bond acceptors (Lipinski definition) is 4. The maximum absolute atomic E-state index is 5.75. The minimum Gasteiger partial charge on any atom is -0.355 e. The molecule has 0 saturated carbocycles. The van der Waals surface area contributed by atoms with Gasteiger partial charge in [0.25, 0.3) is 0 Å². The predicted octanol–water partition coefficient (Wildman–Crippen LogP) is 2.56. The second kappa shape index (κ2) is 2.61. The van der Waals surface area contributed by atoms with Gasteiger partial charge in [-0.1, -0.05) is 29.4 Å². The number of nitrogens with zero attached hydrogens (tertiary/aromatic N) is 2. The average Bonchev–Trinajstić information content (AvgIpc) is 2.85. The van der Waals surface area contributed by atoms with Gasteiger partial charge in [0.1, 0.15) is 11.4 Å². The van der Waals surface area contributed by atoms with Gasteiger partial charge in [0, 0.05) is 0 Å². The second-order valence-electron chi connectivity index (χ2n) is 3.77. The van der Waals surface area contributed by atoms with Crippen molar-refractivity contribution in [1.82, 2.24) is 0 Å². The Bertz CT molecular complexity index is 518. The van der Waals surface area contributed by atoms with Crippen LogP contribution in [0.3, 0.4) is 0 Å². The summed E-state index contributed by atoms with van der Waals surface area (Å²) in [7, 11) is 0. The largest absolute Gasteiger partial charge is 0.355 e. The van der Waals surface area contributed by atoms with Gasteiger partial charge in [0.05, 0.1) is 5.69 Å². The summed E-state index contributed by atoms with van der Waals surface area (Å²) < 4.78 is 0. The van der Waals surface area contributed by atoms with Crippen LogP contribution in [0.15, 0.2) is 48.5 Å². The molecule has 0 bridgehead atoms. The number of hydrazine groups is 2. The number of benzene rings is 2. The standard InChI is InChI=1S/C12H9N3O/c1-2-6-10-9(5-1)13-14-11-7-3-4-8-12(11)16-15(10)14/h1-8,13H. The van der Waals surface area contributed by atoms with Gasteiger partial charge in [0.2, 0.25) is 0 Å². The fraction of sp³-hybridized carbons (Fsp3) is 0. The lowest BCUT2D eigenvalue weighted by Crippen LogP contribution is -2.38. The van der Waals surface area contributed by atoms with E-state index >= 15 is 0 Å². The summed E-state index contributed by atoms with van der Waals surface area (Å²) in [5, 5.41) is 3.67. The Balaban J connectivity index is 1.86. The molecule has 4 rings (SSSR count). The zero-order chi connectivity index (χ0) is 10.5. The van der Waals surface area contributed by atoms with Crippen LogP contribution in [0, 0.1) is 0 Å². The molecule has 4 nitrogen and oxygen atoms in total. The Morgan fingerprint density at radius 1 is 0.875 bits per heavy atom. The second-order valence-corrected chi connectivity index (χ2v) is 3.77. The number of anilines is 3. The molecule has 2 heterocycles. The van der Waals surface area contributed by atoms with Crippen LogP contribution < -0.4 is 20.6 Å². The van der Waals surface area contributed by atoms with Crippen molar-refractivity contribution < 1.29 is 4.84 Å². The van der Waals surface area contributed by atoms with Crippen LogP contribution in [-0.4, -0.2) is 0 Å². The summed E-state index contributed by atoms with van der Waals surface area (Å²) >= 11 is 0. The van der Waals surface area contributed by atoms with E-state index in [-0.39, 0.29) is 0 Å². The molecule has 0 aromatic heterocycles. The monoisotopic (exact) mass is 211 g/mol. The van der Waals surface area contributed by atoms with Crippen molar-refractivity contribution in [3.63, 3.8) is 0 Å². The number of fused-ring (bicyclic) bond motifs is 5. The molecule has 2 aliphatic rings. The molecule has 0 saturated heterocycles. The van der Waals surface area contributed by atoms with E-state index in [1.54, 1.807) is 5.17 Å². The van der Waals surface area contributed by atoms with Crippen LogP contribution in [0.2, 0.25) is 0 Å². The van der Waals surface area contributed by atoms with E-state index in [4.69, 9.17) is 4.84 Å². The molecule has 0 atom stereocenters. The third kappa shape index (κ3) is 0.839. The van der Waals surface area contributed by atoms with Crippen molar-refractivity contribution in [3.05, 3.63) is 48.5 Å². The maximum Gasteiger partial charge on any atom is 0.185 e. The summed E-state index contributed by atoms with van der Waals surface area (Å²) in [6.07, 6.45) is 0. The van der Waals surface area contributed by atoms with Gasteiger partial charge >= 0.3 is 0 Å². The lowest BCUT2D eigenvalue weighted by atomic mass is 10.3. The van der Waals surface area contributed by atoms with Gasteiger partial charge in [-0.05, 0) is 24.3 Å². The van der Waals surface area contributed by atoms with E-state index < -0.39 is 0 Å². The van der Waals surface area contributed by atoms with Crippen molar-refractivity contribution in [2.45, 2.75) is 0 Å². The van der Waals surface area contributed by atoms with E-state index in [1.807, 2.05) is 53.6 Å². The van der Waals surface area contributed by atoms with Gasteiger partial charge in [0.15, 0.2) is 5.75 Å². The molecular formula is C12H9N3O. The van der Waals surface area contributed by atoms with Gasteiger partial charge in [-0.25, -0.2) is 0 Å². The van der Waals surface area contributed by atoms with E-state index in [0.717, 1.165) is 22.8 Å². The van der Waals surface area contributed by atoms with Crippen molar-refractivity contribution in [2.24, 2.45) is 0 Å².